The predicted molar refractivity (Wildman–Crippen MR) is 128 cm³/mol. The van der Waals surface area contributed by atoms with Gasteiger partial charge in [-0.05, 0) is 24.6 Å². The molecular formula is C25H25N5O2S. The van der Waals surface area contributed by atoms with Crippen LogP contribution in [0.3, 0.4) is 0 Å². The van der Waals surface area contributed by atoms with Crippen molar-refractivity contribution in [2.75, 3.05) is 11.9 Å². The van der Waals surface area contributed by atoms with E-state index in [1.807, 2.05) is 37.3 Å². The summed E-state index contributed by atoms with van der Waals surface area (Å²) in [6.45, 7) is 4.79. The van der Waals surface area contributed by atoms with Gasteiger partial charge in [-0.25, -0.2) is 4.98 Å². The number of amides is 1. The van der Waals surface area contributed by atoms with Gasteiger partial charge in [-0.1, -0.05) is 48.0 Å². The zero-order valence-corrected chi connectivity index (χ0v) is 19.3. The van der Waals surface area contributed by atoms with Gasteiger partial charge in [-0.3, -0.25) is 9.69 Å². The molecule has 0 spiro atoms. The van der Waals surface area contributed by atoms with Crippen molar-refractivity contribution in [2.24, 2.45) is 0 Å². The number of nitrogens with one attached hydrogen (secondary N) is 1. The van der Waals surface area contributed by atoms with Gasteiger partial charge in [0.05, 0.1) is 5.69 Å². The van der Waals surface area contributed by atoms with Gasteiger partial charge >= 0.3 is 0 Å². The summed E-state index contributed by atoms with van der Waals surface area (Å²) in [6, 6.07) is 18.4. The van der Waals surface area contributed by atoms with Crippen LogP contribution in [0.1, 0.15) is 34.0 Å². The number of thiazole rings is 1. The third kappa shape index (κ3) is 5.35. The Labute approximate surface area is 196 Å². The minimum Gasteiger partial charge on any atom is -0.421 e. The van der Waals surface area contributed by atoms with Crippen molar-refractivity contribution in [1.82, 2.24) is 20.1 Å². The Morgan fingerprint density at radius 2 is 1.94 bits per heavy atom. The smallest absolute Gasteiger partial charge is 0.247 e. The molecule has 0 saturated heterocycles. The van der Waals surface area contributed by atoms with E-state index in [1.54, 1.807) is 11.3 Å². The number of hydrogen-bond donors (Lipinski definition) is 1. The zero-order chi connectivity index (χ0) is 22.6. The van der Waals surface area contributed by atoms with E-state index in [4.69, 9.17) is 4.42 Å². The van der Waals surface area contributed by atoms with Crippen molar-refractivity contribution in [3.8, 4) is 11.5 Å². The number of rotatable bonds is 7. The van der Waals surface area contributed by atoms with E-state index in [0.717, 1.165) is 37.3 Å². The summed E-state index contributed by atoms with van der Waals surface area (Å²) in [5.41, 5.74) is 4.45. The second-order valence-corrected chi connectivity index (χ2v) is 9.33. The minimum atomic E-state index is -0.0997. The predicted octanol–water partition coefficient (Wildman–Crippen LogP) is 4.63. The number of hydrogen-bond acceptors (Lipinski definition) is 7. The van der Waals surface area contributed by atoms with Crippen molar-refractivity contribution in [2.45, 2.75) is 39.3 Å². The lowest BCUT2D eigenvalue weighted by Crippen LogP contribution is -2.29. The van der Waals surface area contributed by atoms with E-state index in [2.05, 4.69) is 49.7 Å². The molecule has 1 N–H and O–H groups in total. The number of benzene rings is 2. The van der Waals surface area contributed by atoms with E-state index >= 15 is 0 Å². The standard InChI is InChI=1S/C25H25N5O2S/c1-17-7-9-19(10-8-17)24-29-28-23(32-24)12-11-22(31)27-25-26-20-13-14-30(16-21(20)33-25)15-18-5-3-2-4-6-18/h2-10H,11-16H2,1H3,(H,26,27,31). The molecule has 33 heavy (non-hydrogen) atoms. The molecule has 0 aliphatic carbocycles. The van der Waals surface area contributed by atoms with Crippen LogP contribution in [0.5, 0.6) is 0 Å². The number of fused-ring (bicyclic) bond motifs is 1. The van der Waals surface area contributed by atoms with Gasteiger partial charge in [0.15, 0.2) is 5.13 Å². The van der Waals surface area contributed by atoms with Gasteiger partial charge in [-0.2, -0.15) is 0 Å². The molecule has 0 saturated carbocycles. The van der Waals surface area contributed by atoms with Crippen LogP contribution < -0.4 is 5.32 Å². The highest BCUT2D eigenvalue weighted by Gasteiger charge is 2.21. The number of aryl methyl sites for hydroxylation is 2. The van der Waals surface area contributed by atoms with Crippen LogP contribution in [0.4, 0.5) is 5.13 Å². The lowest BCUT2D eigenvalue weighted by Gasteiger charge is -2.25. The fraction of sp³-hybridized carbons (Fsp3) is 0.280. The maximum absolute atomic E-state index is 12.5. The van der Waals surface area contributed by atoms with E-state index < -0.39 is 0 Å². The van der Waals surface area contributed by atoms with Gasteiger partial charge < -0.3 is 9.73 Å². The Morgan fingerprint density at radius 1 is 1.12 bits per heavy atom. The third-order valence-corrected chi connectivity index (χ3v) is 6.63. The number of nitrogens with zero attached hydrogens (tertiary/aromatic N) is 4. The first-order valence-electron chi connectivity index (χ1n) is 11.1. The highest BCUT2D eigenvalue weighted by molar-refractivity contribution is 7.15. The van der Waals surface area contributed by atoms with Crippen molar-refractivity contribution in [3.63, 3.8) is 0 Å². The lowest BCUT2D eigenvalue weighted by molar-refractivity contribution is -0.116. The SMILES string of the molecule is Cc1ccc(-c2nnc(CCC(=O)Nc3nc4c(s3)CN(Cc3ccccc3)CC4)o2)cc1. The first-order chi connectivity index (χ1) is 16.1. The largest absolute Gasteiger partial charge is 0.421 e. The molecule has 0 fully saturated rings. The number of aromatic nitrogens is 3. The first-order valence-corrected chi connectivity index (χ1v) is 11.9. The minimum absolute atomic E-state index is 0.0997. The summed E-state index contributed by atoms with van der Waals surface area (Å²) in [5.74, 6) is 0.825. The average Bonchev–Trinajstić information content (AvgIpc) is 3.45. The lowest BCUT2D eigenvalue weighted by atomic mass is 10.1. The van der Waals surface area contributed by atoms with E-state index in [1.165, 1.54) is 16.0 Å². The molecule has 0 radical (unpaired) electrons. The van der Waals surface area contributed by atoms with Gasteiger partial charge in [0.1, 0.15) is 0 Å². The van der Waals surface area contributed by atoms with E-state index in [-0.39, 0.29) is 12.3 Å². The van der Waals surface area contributed by atoms with Crippen LogP contribution in [0.15, 0.2) is 59.0 Å². The van der Waals surface area contributed by atoms with Crippen molar-refractivity contribution >= 4 is 22.4 Å². The number of anilines is 1. The van der Waals surface area contributed by atoms with Crippen LogP contribution in [0.2, 0.25) is 0 Å². The maximum atomic E-state index is 12.5. The molecule has 5 rings (SSSR count). The second kappa shape index (κ2) is 9.64. The Hall–Kier alpha value is -3.36. The molecule has 168 valence electrons. The topological polar surface area (TPSA) is 84.2 Å². The molecule has 4 aromatic rings. The number of carbonyl (C=O) groups is 1. The zero-order valence-electron chi connectivity index (χ0n) is 18.5. The van der Waals surface area contributed by atoms with Crippen LogP contribution in [-0.2, 0) is 30.7 Å². The monoisotopic (exact) mass is 459 g/mol. The number of carbonyl (C=O) groups excluding carboxylic acids is 1. The molecule has 0 unspecified atom stereocenters. The van der Waals surface area contributed by atoms with Gasteiger partial charge in [0.2, 0.25) is 17.7 Å². The molecule has 1 amide bonds. The molecule has 0 atom stereocenters. The Balaban J connectivity index is 1.14. The molecule has 0 bridgehead atoms. The van der Waals surface area contributed by atoms with Crippen molar-refractivity contribution in [3.05, 3.63) is 82.2 Å². The summed E-state index contributed by atoms with van der Waals surface area (Å²) in [6.07, 6.45) is 1.55. The van der Waals surface area contributed by atoms with Gasteiger partial charge in [0, 0.05) is 49.3 Å². The second-order valence-electron chi connectivity index (χ2n) is 8.25. The molecule has 7 nitrogen and oxygen atoms in total. The normalized spacial score (nSPS) is 13.6. The Morgan fingerprint density at radius 3 is 2.76 bits per heavy atom. The Kier molecular flexibility index (Phi) is 6.28. The summed E-state index contributed by atoms with van der Waals surface area (Å²) in [7, 11) is 0. The molecule has 3 heterocycles. The summed E-state index contributed by atoms with van der Waals surface area (Å²) in [4.78, 5) is 20.8. The summed E-state index contributed by atoms with van der Waals surface area (Å²) < 4.78 is 5.72. The van der Waals surface area contributed by atoms with Crippen LogP contribution in [-0.4, -0.2) is 32.5 Å². The molecule has 1 aliphatic heterocycles. The highest BCUT2D eigenvalue weighted by Crippen LogP contribution is 2.29. The Bertz CT molecular complexity index is 1230. The molecule has 2 aromatic carbocycles. The molecule has 2 aromatic heterocycles. The quantitative estimate of drug-likeness (QED) is 0.434. The average molecular weight is 460 g/mol. The van der Waals surface area contributed by atoms with Gasteiger partial charge in [-0.15, -0.1) is 21.5 Å². The van der Waals surface area contributed by atoms with Crippen molar-refractivity contribution < 1.29 is 9.21 Å². The fourth-order valence-corrected chi connectivity index (χ4v) is 4.91. The summed E-state index contributed by atoms with van der Waals surface area (Å²) >= 11 is 1.57. The summed E-state index contributed by atoms with van der Waals surface area (Å²) in [5, 5.41) is 11.8. The van der Waals surface area contributed by atoms with Crippen LogP contribution >= 0.6 is 11.3 Å². The molecular weight excluding hydrogens is 434 g/mol. The van der Waals surface area contributed by atoms with Gasteiger partial charge in [0.25, 0.3) is 0 Å². The third-order valence-electron chi connectivity index (χ3n) is 5.64. The maximum Gasteiger partial charge on any atom is 0.247 e. The van der Waals surface area contributed by atoms with Crippen LogP contribution in [0, 0.1) is 6.92 Å². The highest BCUT2D eigenvalue weighted by atomic mass is 32.1. The first kappa shape index (κ1) is 21.5. The van der Waals surface area contributed by atoms with Crippen LogP contribution in [0.25, 0.3) is 11.5 Å². The van der Waals surface area contributed by atoms with E-state index in [9.17, 15) is 4.79 Å². The van der Waals surface area contributed by atoms with E-state index in [0.29, 0.717) is 23.3 Å². The fourth-order valence-electron chi connectivity index (χ4n) is 3.85. The van der Waals surface area contributed by atoms with Crippen molar-refractivity contribution in [1.29, 1.82) is 0 Å². The molecule has 1 aliphatic rings. The molecule has 8 heteroatoms.